The van der Waals surface area contributed by atoms with E-state index in [0.29, 0.717) is 0 Å². The third-order valence-corrected chi connectivity index (χ3v) is 3.87. The number of benzene rings is 4. The van der Waals surface area contributed by atoms with E-state index < -0.39 is 0 Å². The summed E-state index contributed by atoms with van der Waals surface area (Å²) >= 11 is 0. The highest BCUT2D eigenvalue weighted by molar-refractivity contribution is 6.05. The van der Waals surface area contributed by atoms with E-state index in [4.69, 9.17) is 0 Å². The summed E-state index contributed by atoms with van der Waals surface area (Å²) in [5, 5.41) is 5.20. The van der Waals surface area contributed by atoms with Gasteiger partial charge in [-0.15, -0.1) is 0 Å². The van der Waals surface area contributed by atoms with Crippen LogP contribution < -0.4 is 0 Å². The minimum atomic E-state index is 1.29. The summed E-state index contributed by atoms with van der Waals surface area (Å²) < 4.78 is 0. The zero-order chi connectivity index (χ0) is 21.4. The molecule has 4 aromatic rings. The maximum absolute atomic E-state index is 2.21. The molecule has 150 valence electrons. The van der Waals surface area contributed by atoms with Crippen molar-refractivity contribution in [2.24, 2.45) is 0 Å². The van der Waals surface area contributed by atoms with Crippen LogP contribution in [0.3, 0.4) is 0 Å². The zero-order valence-corrected chi connectivity index (χ0v) is 19.1. The monoisotopic (exact) mass is 374 g/mol. The van der Waals surface area contributed by atoms with Crippen molar-refractivity contribution in [1.29, 1.82) is 0 Å². The van der Waals surface area contributed by atoms with Crippen molar-refractivity contribution in [2.75, 3.05) is 0 Å². The van der Waals surface area contributed by atoms with E-state index in [0.717, 1.165) is 0 Å². The van der Waals surface area contributed by atoms with Crippen molar-refractivity contribution in [2.45, 2.75) is 55.4 Å². The molecule has 0 heterocycles. The summed E-state index contributed by atoms with van der Waals surface area (Å²) in [6.45, 7) is 16.0. The van der Waals surface area contributed by atoms with Gasteiger partial charge in [0.2, 0.25) is 0 Å². The normalized spacial score (nSPS) is 8.71. The fourth-order valence-electron chi connectivity index (χ4n) is 2.92. The summed E-state index contributed by atoms with van der Waals surface area (Å²) in [6, 6.07) is 30.2. The molecule has 0 bridgehead atoms. The van der Waals surface area contributed by atoms with E-state index in [2.05, 4.69) is 84.9 Å². The van der Waals surface area contributed by atoms with Gasteiger partial charge in [0.25, 0.3) is 0 Å². The van der Waals surface area contributed by atoms with Gasteiger partial charge in [-0.25, -0.2) is 0 Å². The SMILES string of the molecule is CC.CC.CC.CC.c1ccc2c(-c3cccc4ccccc34)cccc2c1. The van der Waals surface area contributed by atoms with Gasteiger partial charge in [0.15, 0.2) is 0 Å². The summed E-state index contributed by atoms with van der Waals surface area (Å²) in [6.07, 6.45) is 0. The molecular weight excluding hydrogens is 336 g/mol. The molecule has 0 aliphatic carbocycles. The number of rotatable bonds is 1. The predicted molar refractivity (Wildman–Crippen MR) is 132 cm³/mol. The first-order valence-electron chi connectivity index (χ1n) is 10.9. The van der Waals surface area contributed by atoms with E-state index >= 15 is 0 Å². The lowest BCUT2D eigenvalue weighted by atomic mass is 9.94. The smallest absolute Gasteiger partial charge is 0.00992 e. The summed E-state index contributed by atoms with van der Waals surface area (Å²) in [5.74, 6) is 0. The van der Waals surface area contributed by atoms with Gasteiger partial charge in [-0.2, -0.15) is 0 Å². The van der Waals surface area contributed by atoms with Gasteiger partial charge in [0, 0.05) is 0 Å². The third-order valence-electron chi connectivity index (χ3n) is 3.87. The van der Waals surface area contributed by atoms with Crippen LogP contribution in [0.4, 0.5) is 0 Å². The average molecular weight is 375 g/mol. The van der Waals surface area contributed by atoms with Gasteiger partial charge in [-0.1, -0.05) is 140 Å². The van der Waals surface area contributed by atoms with Gasteiger partial charge in [0.1, 0.15) is 0 Å². The average Bonchev–Trinajstić information content (AvgIpc) is 2.83. The standard InChI is InChI=1S/C20H14.4C2H6/c1-3-11-17-15(7-1)9-5-13-19(17)20-14-6-10-16-8-2-4-12-18(16)20;4*1-2/h1-14H;4*1-2H3. The maximum Gasteiger partial charge on any atom is -0.00992 e. The molecule has 0 aromatic heterocycles. The number of hydrogen-bond donors (Lipinski definition) is 0. The first kappa shape index (κ1) is 25.4. The lowest BCUT2D eigenvalue weighted by Crippen LogP contribution is -1.83. The Balaban J connectivity index is 0.000000818. The van der Waals surface area contributed by atoms with Crippen LogP contribution in [0.15, 0.2) is 84.9 Å². The van der Waals surface area contributed by atoms with Crippen LogP contribution in [0.1, 0.15) is 55.4 Å². The maximum atomic E-state index is 2.21. The van der Waals surface area contributed by atoms with Gasteiger partial charge < -0.3 is 0 Å². The lowest BCUT2D eigenvalue weighted by Gasteiger charge is -2.10. The first-order chi connectivity index (χ1) is 13.9. The predicted octanol–water partition coefficient (Wildman–Crippen LogP) is 9.76. The number of fused-ring (bicyclic) bond motifs is 2. The Labute approximate surface area is 173 Å². The summed E-state index contributed by atoms with van der Waals surface area (Å²) in [7, 11) is 0. The largest absolute Gasteiger partial charge is 0.0683 e. The van der Waals surface area contributed by atoms with Crippen molar-refractivity contribution in [1.82, 2.24) is 0 Å². The van der Waals surface area contributed by atoms with Crippen molar-refractivity contribution in [3.05, 3.63) is 84.9 Å². The van der Waals surface area contributed by atoms with Gasteiger partial charge in [-0.3, -0.25) is 0 Å². The summed E-state index contributed by atoms with van der Waals surface area (Å²) in [4.78, 5) is 0. The molecule has 4 rings (SSSR count). The molecule has 0 fully saturated rings. The minimum Gasteiger partial charge on any atom is -0.0683 e. The molecule has 4 aromatic carbocycles. The topological polar surface area (TPSA) is 0 Å². The molecule has 28 heavy (non-hydrogen) atoms. The molecule has 0 nitrogen and oxygen atoms in total. The molecule has 0 amide bonds. The van der Waals surface area contributed by atoms with Crippen LogP contribution in [0.25, 0.3) is 32.7 Å². The molecule has 0 radical (unpaired) electrons. The van der Waals surface area contributed by atoms with E-state index in [9.17, 15) is 0 Å². The van der Waals surface area contributed by atoms with Crippen LogP contribution in [-0.2, 0) is 0 Å². The Bertz CT molecular complexity index is 816. The van der Waals surface area contributed by atoms with Crippen LogP contribution in [0, 0.1) is 0 Å². The molecule has 0 saturated heterocycles. The Hall–Kier alpha value is -2.60. The van der Waals surface area contributed by atoms with Crippen LogP contribution >= 0.6 is 0 Å². The summed E-state index contributed by atoms with van der Waals surface area (Å²) in [5.41, 5.74) is 2.61. The van der Waals surface area contributed by atoms with Gasteiger partial charge in [0.05, 0.1) is 0 Å². The molecule has 0 N–H and O–H groups in total. The van der Waals surface area contributed by atoms with Crippen molar-refractivity contribution >= 4 is 21.5 Å². The second kappa shape index (κ2) is 15.5. The Morgan fingerprint density at radius 3 is 0.964 bits per heavy atom. The van der Waals surface area contributed by atoms with Crippen molar-refractivity contribution in [3.8, 4) is 11.1 Å². The van der Waals surface area contributed by atoms with Crippen molar-refractivity contribution < 1.29 is 0 Å². The number of hydrogen-bond acceptors (Lipinski definition) is 0. The van der Waals surface area contributed by atoms with Gasteiger partial charge >= 0.3 is 0 Å². The van der Waals surface area contributed by atoms with Crippen LogP contribution in [0.2, 0.25) is 0 Å². The molecule has 0 saturated carbocycles. The molecule has 0 unspecified atom stereocenters. The van der Waals surface area contributed by atoms with E-state index in [1.165, 1.54) is 32.7 Å². The molecular formula is C28H38. The molecule has 0 heteroatoms. The van der Waals surface area contributed by atoms with E-state index in [1.807, 2.05) is 55.4 Å². The van der Waals surface area contributed by atoms with Crippen LogP contribution in [-0.4, -0.2) is 0 Å². The second-order valence-electron chi connectivity index (χ2n) is 5.05. The molecule has 0 aliphatic heterocycles. The van der Waals surface area contributed by atoms with E-state index in [-0.39, 0.29) is 0 Å². The fraction of sp³-hybridized carbons (Fsp3) is 0.286. The highest BCUT2D eigenvalue weighted by Crippen LogP contribution is 2.33. The Kier molecular flexibility index (Phi) is 14.0. The first-order valence-corrected chi connectivity index (χ1v) is 10.9. The highest BCUT2D eigenvalue weighted by Gasteiger charge is 2.06. The Morgan fingerprint density at radius 2 is 0.607 bits per heavy atom. The van der Waals surface area contributed by atoms with Crippen LogP contribution in [0.5, 0.6) is 0 Å². The fourth-order valence-corrected chi connectivity index (χ4v) is 2.92. The quantitative estimate of drug-likeness (QED) is 0.311. The lowest BCUT2D eigenvalue weighted by molar-refractivity contribution is 1.50. The van der Waals surface area contributed by atoms with E-state index in [1.54, 1.807) is 0 Å². The van der Waals surface area contributed by atoms with Gasteiger partial charge in [-0.05, 0) is 32.7 Å². The Morgan fingerprint density at radius 1 is 0.321 bits per heavy atom. The molecule has 0 spiro atoms. The molecule has 0 aliphatic rings. The van der Waals surface area contributed by atoms with Crippen molar-refractivity contribution in [3.63, 3.8) is 0 Å². The molecule has 0 atom stereocenters. The second-order valence-corrected chi connectivity index (χ2v) is 5.05. The highest BCUT2D eigenvalue weighted by atomic mass is 14.1. The zero-order valence-electron chi connectivity index (χ0n) is 19.1. The third kappa shape index (κ3) is 6.23. The minimum absolute atomic E-state index is 1.29.